The van der Waals surface area contributed by atoms with Gasteiger partial charge in [-0.15, -0.1) is 11.3 Å². The average molecular weight is 307 g/mol. The Labute approximate surface area is 131 Å². The number of hydrogen-bond acceptors (Lipinski definition) is 5. The molecule has 21 heavy (non-hydrogen) atoms. The number of aromatic nitrogens is 1. The Kier molecular flexibility index (Phi) is 5.56. The third-order valence-corrected chi connectivity index (χ3v) is 4.09. The van der Waals surface area contributed by atoms with Crippen LogP contribution in [0.4, 0.5) is 0 Å². The van der Waals surface area contributed by atoms with E-state index in [1.54, 1.807) is 11.3 Å². The predicted octanol–water partition coefficient (Wildman–Crippen LogP) is 3.48. The molecule has 5 heteroatoms. The van der Waals surface area contributed by atoms with Gasteiger partial charge in [0.05, 0.1) is 23.8 Å². The van der Waals surface area contributed by atoms with Crippen molar-refractivity contribution in [3.63, 3.8) is 0 Å². The largest absolute Gasteiger partial charge is 0.463 e. The van der Waals surface area contributed by atoms with Crippen LogP contribution in [0.15, 0.2) is 15.9 Å². The zero-order valence-electron chi connectivity index (χ0n) is 13.6. The van der Waals surface area contributed by atoms with Gasteiger partial charge in [-0.2, -0.15) is 0 Å². The van der Waals surface area contributed by atoms with Crippen LogP contribution >= 0.6 is 11.3 Å². The zero-order chi connectivity index (χ0) is 15.4. The molecule has 116 valence electrons. The number of hydrogen-bond donors (Lipinski definition) is 1. The highest BCUT2D eigenvalue weighted by Crippen LogP contribution is 2.17. The van der Waals surface area contributed by atoms with Crippen LogP contribution in [0.25, 0.3) is 0 Å². The molecule has 0 atom stereocenters. The van der Waals surface area contributed by atoms with E-state index in [4.69, 9.17) is 4.42 Å². The third kappa shape index (κ3) is 4.95. The summed E-state index contributed by atoms with van der Waals surface area (Å²) >= 11 is 1.70. The molecule has 0 aromatic carbocycles. The van der Waals surface area contributed by atoms with Gasteiger partial charge in [0.25, 0.3) is 0 Å². The minimum absolute atomic E-state index is 0.466. The summed E-state index contributed by atoms with van der Waals surface area (Å²) in [4.78, 5) is 6.73. The van der Waals surface area contributed by atoms with Crippen molar-refractivity contribution in [2.75, 3.05) is 7.05 Å². The van der Waals surface area contributed by atoms with Gasteiger partial charge in [-0.05, 0) is 32.5 Å². The summed E-state index contributed by atoms with van der Waals surface area (Å²) < 4.78 is 5.96. The maximum absolute atomic E-state index is 5.96. The Morgan fingerprint density at radius 3 is 2.71 bits per heavy atom. The van der Waals surface area contributed by atoms with E-state index in [0.29, 0.717) is 6.04 Å². The van der Waals surface area contributed by atoms with Gasteiger partial charge in [0, 0.05) is 18.0 Å². The summed E-state index contributed by atoms with van der Waals surface area (Å²) in [6.45, 7) is 10.9. The molecular formula is C16H25N3OS. The SMILES string of the molecule is Cc1nc(CN(C)Cc2cc(C)c(CNC(C)C)o2)cs1. The van der Waals surface area contributed by atoms with Crippen molar-refractivity contribution in [1.29, 1.82) is 0 Å². The number of thiazole rings is 1. The summed E-state index contributed by atoms with van der Waals surface area (Å²) in [5, 5.41) is 6.64. The Morgan fingerprint density at radius 2 is 2.10 bits per heavy atom. The first-order valence-corrected chi connectivity index (χ1v) is 8.23. The highest BCUT2D eigenvalue weighted by Gasteiger charge is 2.11. The quantitative estimate of drug-likeness (QED) is 0.850. The second kappa shape index (κ2) is 7.20. The lowest BCUT2D eigenvalue weighted by molar-refractivity contribution is 0.279. The monoisotopic (exact) mass is 307 g/mol. The van der Waals surface area contributed by atoms with Crippen molar-refractivity contribution in [2.24, 2.45) is 0 Å². The van der Waals surface area contributed by atoms with E-state index in [-0.39, 0.29) is 0 Å². The topological polar surface area (TPSA) is 41.3 Å². The van der Waals surface area contributed by atoms with Gasteiger partial charge in [0.15, 0.2) is 0 Å². The summed E-state index contributed by atoms with van der Waals surface area (Å²) in [7, 11) is 2.10. The molecule has 0 unspecified atom stereocenters. The molecule has 2 aromatic heterocycles. The first-order valence-electron chi connectivity index (χ1n) is 7.35. The average Bonchev–Trinajstić information content (AvgIpc) is 2.93. The molecule has 0 aliphatic rings. The molecular weight excluding hydrogens is 282 g/mol. The molecule has 0 fully saturated rings. The number of nitrogens with one attached hydrogen (secondary N) is 1. The maximum Gasteiger partial charge on any atom is 0.120 e. The fourth-order valence-corrected chi connectivity index (χ4v) is 2.82. The smallest absolute Gasteiger partial charge is 0.120 e. The number of rotatable bonds is 7. The fraction of sp³-hybridized carbons (Fsp3) is 0.562. The van der Waals surface area contributed by atoms with E-state index in [1.807, 2.05) is 6.92 Å². The molecule has 0 amide bonds. The highest BCUT2D eigenvalue weighted by atomic mass is 32.1. The van der Waals surface area contributed by atoms with Gasteiger partial charge in [0.1, 0.15) is 11.5 Å². The fourth-order valence-electron chi connectivity index (χ4n) is 2.22. The van der Waals surface area contributed by atoms with Crippen LogP contribution < -0.4 is 5.32 Å². The van der Waals surface area contributed by atoms with Crippen LogP contribution in [0.3, 0.4) is 0 Å². The van der Waals surface area contributed by atoms with E-state index >= 15 is 0 Å². The summed E-state index contributed by atoms with van der Waals surface area (Å²) in [5.41, 5.74) is 2.35. The molecule has 2 rings (SSSR count). The Bertz CT molecular complexity index is 574. The molecule has 4 nitrogen and oxygen atoms in total. The van der Waals surface area contributed by atoms with Crippen LogP contribution in [0.2, 0.25) is 0 Å². The molecule has 0 aliphatic heterocycles. The summed E-state index contributed by atoms with van der Waals surface area (Å²) in [5.74, 6) is 2.05. The van der Waals surface area contributed by atoms with Gasteiger partial charge in [-0.25, -0.2) is 4.98 Å². The van der Waals surface area contributed by atoms with Gasteiger partial charge >= 0.3 is 0 Å². The molecule has 2 heterocycles. The lowest BCUT2D eigenvalue weighted by Crippen LogP contribution is -2.21. The van der Waals surface area contributed by atoms with Crippen molar-refractivity contribution in [1.82, 2.24) is 15.2 Å². The second-order valence-corrected chi connectivity index (χ2v) is 6.95. The zero-order valence-corrected chi connectivity index (χ0v) is 14.4. The van der Waals surface area contributed by atoms with Crippen LogP contribution in [0.5, 0.6) is 0 Å². The summed E-state index contributed by atoms with van der Waals surface area (Å²) in [6.07, 6.45) is 0. The van der Waals surface area contributed by atoms with Crippen molar-refractivity contribution in [3.8, 4) is 0 Å². The molecule has 1 N–H and O–H groups in total. The number of nitrogens with zero attached hydrogens (tertiary/aromatic N) is 2. The maximum atomic E-state index is 5.96. The molecule has 0 radical (unpaired) electrons. The van der Waals surface area contributed by atoms with Crippen LogP contribution in [0.1, 0.15) is 41.6 Å². The second-order valence-electron chi connectivity index (χ2n) is 5.88. The molecule has 0 bridgehead atoms. The van der Waals surface area contributed by atoms with E-state index in [1.165, 1.54) is 5.56 Å². The Morgan fingerprint density at radius 1 is 1.33 bits per heavy atom. The summed E-state index contributed by atoms with van der Waals surface area (Å²) in [6, 6.07) is 2.61. The standard InChI is InChI=1S/C16H25N3OS/c1-11(2)17-7-16-12(3)6-15(20-16)9-19(5)8-14-10-21-13(4)18-14/h6,10-11,17H,7-9H2,1-5H3. The van der Waals surface area contributed by atoms with E-state index in [0.717, 1.165) is 41.9 Å². The molecule has 0 spiro atoms. The van der Waals surface area contributed by atoms with E-state index in [2.05, 4.69) is 54.5 Å². The van der Waals surface area contributed by atoms with E-state index < -0.39 is 0 Å². The lowest BCUT2D eigenvalue weighted by Gasteiger charge is -2.13. The normalized spacial score (nSPS) is 11.8. The Balaban J connectivity index is 1.91. The van der Waals surface area contributed by atoms with Gasteiger partial charge < -0.3 is 9.73 Å². The van der Waals surface area contributed by atoms with Crippen LogP contribution in [0, 0.1) is 13.8 Å². The minimum atomic E-state index is 0.466. The first-order chi connectivity index (χ1) is 9.94. The molecule has 0 saturated carbocycles. The third-order valence-electron chi connectivity index (χ3n) is 3.27. The van der Waals surface area contributed by atoms with Gasteiger partial charge in [-0.1, -0.05) is 13.8 Å². The van der Waals surface area contributed by atoms with Crippen molar-refractivity contribution < 1.29 is 4.42 Å². The Hall–Kier alpha value is -1.17. The van der Waals surface area contributed by atoms with Crippen molar-refractivity contribution >= 4 is 11.3 Å². The van der Waals surface area contributed by atoms with Crippen LogP contribution in [-0.2, 0) is 19.6 Å². The number of furan rings is 1. The van der Waals surface area contributed by atoms with Crippen molar-refractivity contribution in [2.45, 2.75) is 53.4 Å². The lowest BCUT2D eigenvalue weighted by atomic mass is 10.2. The molecule has 0 aliphatic carbocycles. The van der Waals surface area contributed by atoms with Gasteiger partial charge in [0.2, 0.25) is 0 Å². The minimum Gasteiger partial charge on any atom is -0.463 e. The van der Waals surface area contributed by atoms with Crippen molar-refractivity contribution in [3.05, 3.63) is 39.2 Å². The molecule has 0 saturated heterocycles. The van der Waals surface area contributed by atoms with Crippen LogP contribution in [-0.4, -0.2) is 23.0 Å². The molecule has 2 aromatic rings. The van der Waals surface area contributed by atoms with Gasteiger partial charge in [-0.3, -0.25) is 4.90 Å². The predicted molar refractivity (Wildman–Crippen MR) is 87.4 cm³/mol. The first kappa shape index (κ1) is 16.2. The highest BCUT2D eigenvalue weighted by molar-refractivity contribution is 7.09. The van der Waals surface area contributed by atoms with E-state index in [9.17, 15) is 0 Å². The number of aryl methyl sites for hydroxylation is 2.